The summed E-state index contributed by atoms with van der Waals surface area (Å²) in [6, 6.07) is 0. The molecule has 1 heterocycles. The molecule has 0 saturated carbocycles. The van der Waals surface area contributed by atoms with Crippen molar-refractivity contribution in [3.05, 3.63) is 0 Å². The zero-order valence-corrected chi connectivity index (χ0v) is 6.49. The molecule has 0 aromatic rings. The fourth-order valence-corrected chi connectivity index (χ4v) is 1.09. The Hall–Kier alpha value is -0.730. The van der Waals surface area contributed by atoms with Crippen LogP contribution in [-0.4, -0.2) is 62.2 Å². The largest absolute Gasteiger partial charge is 0.479 e. The predicted molar refractivity (Wildman–Crippen MR) is 36.6 cm³/mol. The molecule has 7 heteroatoms. The van der Waals surface area contributed by atoms with E-state index < -0.39 is 36.7 Å². The molecular weight excluding hydrogens is 184 g/mol. The zero-order valence-electron chi connectivity index (χ0n) is 6.49. The van der Waals surface area contributed by atoms with E-state index in [4.69, 9.17) is 20.4 Å². The van der Waals surface area contributed by atoms with Crippen LogP contribution in [0.1, 0.15) is 0 Å². The van der Waals surface area contributed by atoms with Crippen molar-refractivity contribution in [3.63, 3.8) is 0 Å². The van der Waals surface area contributed by atoms with Crippen LogP contribution in [0.5, 0.6) is 0 Å². The molecule has 0 bridgehead atoms. The first-order valence-electron chi connectivity index (χ1n) is 3.53. The number of ether oxygens (including phenoxy) is 1. The number of aliphatic hydroxyl groups is 4. The Balaban J connectivity index is 2.82. The molecule has 0 aliphatic carbocycles. The molecule has 1 saturated heterocycles. The van der Waals surface area contributed by atoms with Crippen LogP contribution in [0.2, 0.25) is 0 Å². The molecule has 1 aliphatic rings. The van der Waals surface area contributed by atoms with Gasteiger partial charge < -0.3 is 30.3 Å². The second-order valence-corrected chi connectivity index (χ2v) is 2.82. The van der Waals surface area contributed by atoms with Gasteiger partial charge in [0.1, 0.15) is 12.2 Å². The van der Waals surface area contributed by atoms with Crippen molar-refractivity contribution in [1.82, 2.24) is 0 Å². The molecule has 1 fully saturated rings. The maximum absolute atomic E-state index is 10.3. The summed E-state index contributed by atoms with van der Waals surface area (Å²) in [7, 11) is 0. The van der Waals surface area contributed by atoms with Crippen LogP contribution in [0.25, 0.3) is 0 Å². The van der Waals surface area contributed by atoms with Crippen LogP contribution in [0.15, 0.2) is 0 Å². The standard InChI is InChI=1S/C6H10O7/c7-2-1-13-6(12,3(2)8)4(9)5(10)11/h2-4,7-9,12H,1H2,(H,10,11)/t2-,3+,4+,6-/m0/s1. The molecule has 4 atom stereocenters. The number of aliphatic hydroxyl groups excluding tert-OH is 3. The fourth-order valence-electron chi connectivity index (χ4n) is 1.09. The molecule has 0 unspecified atom stereocenters. The summed E-state index contributed by atoms with van der Waals surface area (Å²) in [5.41, 5.74) is 0. The van der Waals surface area contributed by atoms with Crippen molar-refractivity contribution >= 4 is 5.97 Å². The maximum atomic E-state index is 10.3. The van der Waals surface area contributed by atoms with Gasteiger partial charge in [0, 0.05) is 0 Å². The number of carboxylic acid groups (broad SMARTS) is 1. The fraction of sp³-hybridized carbons (Fsp3) is 0.833. The Morgan fingerprint density at radius 3 is 2.38 bits per heavy atom. The monoisotopic (exact) mass is 194 g/mol. The van der Waals surface area contributed by atoms with Crippen LogP contribution < -0.4 is 0 Å². The van der Waals surface area contributed by atoms with E-state index in [1.54, 1.807) is 0 Å². The van der Waals surface area contributed by atoms with E-state index in [1.165, 1.54) is 0 Å². The first kappa shape index (κ1) is 10.4. The first-order chi connectivity index (χ1) is 5.89. The number of carboxylic acids is 1. The molecule has 1 aliphatic heterocycles. The van der Waals surface area contributed by atoms with Gasteiger partial charge in [-0.05, 0) is 0 Å². The summed E-state index contributed by atoms with van der Waals surface area (Å²) in [5, 5.41) is 44.6. The van der Waals surface area contributed by atoms with E-state index in [0.717, 1.165) is 0 Å². The van der Waals surface area contributed by atoms with Gasteiger partial charge in [-0.25, -0.2) is 4.79 Å². The highest BCUT2D eigenvalue weighted by atomic mass is 16.7. The Bertz CT molecular complexity index is 217. The Labute approximate surface area is 72.8 Å². The number of carbonyl (C=O) groups is 1. The highest BCUT2D eigenvalue weighted by molar-refractivity contribution is 5.73. The van der Waals surface area contributed by atoms with Crippen molar-refractivity contribution in [1.29, 1.82) is 0 Å². The summed E-state index contributed by atoms with van der Waals surface area (Å²) in [6.07, 6.45) is -5.53. The lowest BCUT2D eigenvalue weighted by molar-refractivity contribution is -0.265. The van der Waals surface area contributed by atoms with Crippen molar-refractivity contribution in [2.45, 2.75) is 24.1 Å². The average Bonchev–Trinajstić information content (AvgIpc) is 2.33. The molecule has 1 rings (SSSR count). The summed E-state index contributed by atoms with van der Waals surface area (Å²) in [6.45, 7) is -0.429. The van der Waals surface area contributed by atoms with Gasteiger partial charge in [0.2, 0.25) is 11.9 Å². The number of hydrogen-bond donors (Lipinski definition) is 5. The molecule has 0 aromatic carbocycles. The smallest absolute Gasteiger partial charge is 0.338 e. The van der Waals surface area contributed by atoms with Gasteiger partial charge in [-0.15, -0.1) is 0 Å². The first-order valence-corrected chi connectivity index (χ1v) is 3.53. The molecule has 5 N–H and O–H groups in total. The molecule has 76 valence electrons. The van der Waals surface area contributed by atoms with Crippen LogP contribution in [0.4, 0.5) is 0 Å². The lowest BCUT2D eigenvalue weighted by Crippen LogP contribution is -2.55. The number of hydrogen-bond acceptors (Lipinski definition) is 6. The van der Waals surface area contributed by atoms with E-state index in [9.17, 15) is 9.90 Å². The van der Waals surface area contributed by atoms with Gasteiger partial charge in [0.15, 0.2) is 0 Å². The third-order valence-corrected chi connectivity index (χ3v) is 1.90. The number of aliphatic carboxylic acids is 1. The summed E-state index contributed by atoms with van der Waals surface area (Å²) < 4.78 is 4.41. The van der Waals surface area contributed by atoms with Gasteiger partial charge in [-0.1, -0.05) is 0 Å². The van der Waals surface area contributed by atoms with Gasteiger partial charge in [0.25, 0.3) is 0 Å². The highest BCUT2D eigenvalue weighted by Crippen LogP contribution is 2.27. The van der Waals surface area contributed by atoms with E-state index in [1.807, 2.05) is 0 Å². The molecule has 13 heavy (non-hydrogen) atoms. The highest BCUT2D eigenvalue weighted by Gasteiger charge is 2.55. The summed E-state index contributed by atoms with van der Waals surface area (Å²) in [4.78, 5) is 10.3. The minimum Gasteiger partial charge on any atom is -0.479 e. The van der Waals surface area contributed by atoms with Crippen LogP contribution in [0.3, 0.4) is 0 Å². The third-order valence-electron chi connectivity index (χ3n) is 1.90. The van der Waals surface area contributed by atoms with Gasteiger partial charge in [-0.2, -0.15) is 0 Å². The zero-order chi connectivity index (χ0) is 10.2. The quantitative estimate of drug-likeness (QED) is 0.314. The van der Waals surface area contributed by atoms with Crippen LogP contribution in [0, 0.1) is 0 Å². The lowest BCUT2D eigenvalue weighted by atomic mass is 10.0. The van der Waals surface area contributed by atoms with E-state index in [2.05, 4.69) is 4.74 Å². The molecular formula is C6H10O7. The SMILES string of the molecule is O=C(O)[C@@H](O)[C@@]1(O)OC[C@H](O)[C@H]1O. The van der Waals surface area contributed by atoms with E-state index >= 15 is 0 Å². The molecule has 0 spiro atoms. The predicted octanol–water partition coefficient (Wildman–Crippen LogP) is -3.13. The van der Waals surface area contributed by atoms with Crippen molar-refractivity contribution in [2.75, 3.05) is 6.61 Å². The van der Waals surface area contributed by atoms with E-state index in [0.29, 0.717) is 0 Å². The van der Waals surface area contributed by atoms with Crippen molar-refractivity contribution < 1.29 is 35.1 Å². The minimum absolute atomic E-state index is 0.429. The summed E-state index contributed by atoms with van der Waals surface area (Å²) in [5.74, 6) is -4.37. The van der Waals surface area contributed by atoms with Crippen molar-refractivity contribution in [3.8, 4) is 0 Å². The van der Waals surface area contributed by atoms with Gasteiger partial charge in [0.05, 0.1) is 6.61 Å². The molecule has 0 aromatic heterocycles. The molecule has 0 radical (unpaired) electrons. The Morgan fingerprint density at radius 2 is 2.08 bits per heavy atom. The van der Waals surface area contributed by atoms with Crippen LogP contribution >= 0.6 is 0 Å². The molecule has 0 amide bonds. The Morgan fingerprint density at radius 1 is 1.54 bits per heavy atom. The summed E-state index contributed by atoms with van der Waals surface area (Å²) >= 11 is 0. The second-order valence-electron chi connectivity index (χ2n) is 2.82. The molecule has 7 nitrogen and oxygen atoms in total. The van der Waals surface area contributed by atoms with Gasteiger partial charge >= 0.3 is 5.97 Å². The number of rotatable bonds is 2. The van der Waals surface area contributed by atoms with Crippen LogP contribution in [-0.2, 0) is 9.53 Å². The van der Waals surface area contributed by atoms with Gasteiger partial charge in [-0.3, -0.25) is 0 Å². The normalized spacial score (nSPS) is 41.8. The maximum Gasteiger partial charge on any atom is 0.338 e. The van der Waals surface area contributed by atoms with E-state index in [-0.39, 0.29) is 0 Å². The average molecular weight is 194 g/mol. The minimum atomic E-state index is -2.63. The van der Waals surface area contributed by atoms with Crippen molar-refractivity contribution in [2.24, 2.45) is 0 Å². The third kappa shape index (κ3) is 1.52. The lowest BCUT2D eigenvalue weighted by Gasteiger charge is -2.27. The second kappa shape index (κ2) is 3.20. The topological polar surface area (TPSA) is 127 Å². The Kier molecular flexibility index (Phi) is 2.55.